The highest BCUT2D eigenvalue weighted by Crippen LogP contribution is 2.34. The number of ether oxygens (including phenoxy) is 1. The summed E-state index contributed by atoms with van der Waals surface area (Å²) in [5, 5.41) is 0. The molecule has 0 saturated heterocycles. The fourth-order valence-corrected chi connectivity index (χ4v) is 1.86. The molecule has 1 rings (SSSR count). The molecule has 20 heavy (non-hydrogen) atoms. The van der Waals surface area contributed by atoms with Crippen molar-refractivity contribution in [2.24, 2.45) is 0 Å². The van der Waals surface area contributed by atoms with Gasteiger partial charge in [-0.15, -0.1) is 0 Å². The van der Waals surface area contributed by atoms with Gasteiger partial charge in [-0.25, -0.2) is 8.98 Å². The highest BCUT2D eigenvalue weighted by atomic mass is 32.2. The van der Waals surface area contributed by atoms with Crippen LogP contribution in [0.25, 0.3) is 0 Å². The van der Waals surface area contributed by atoms with Crippen LogP contribution in [0, 0.1) is 13.8 Å². The molecule has 1 atom stereocenters. The van der Waals surface area contributed by atoms with Gasteiger partial charge in [0.1, 0.15) is 0 Å². The summed E-state index contributed by atoms with van der Waals surface area (Å²) in [6.07, 6.45) is -4.51. The van der Waals surface area contributed by atoms with Crippen LogP contribution in [0.2, 0.25) is 0 Å². The van der Waals surface area contributed by atoms with Gasteiger partial charge in [0.2, 0.25) is 6.79 Å². The summed E-state index contributed by atoms with van der Waals surface area (Å²) >= 11 is -2.59. The molecule has 0 aliphatic rings. The summed E-state index contributed by atoms with van der Waals surface area (Å²) in [4.78, 5) is 11.5. The highest BCUT2D eigenvalue weighted by molar-refractivity contribution is 7.74. The number of hydrogen-bond acceptors (Lipinski definition) is 4. The SMILES string of the molecule is Cc1cc(C(=O)OCOS(=O)O)cc(C)c1C(F)(F)F. The van der Waals surface area contributed by atoms with Crippen LogP contribution in [0.15, 0.2) is 12.1 Å². The van der Waals surface area contributed by atoms with Crippen LogP contribution in [-0.2, 0) is 26.5 Å². The second kappa shape index (κ2) is 6.33. The van der Waals surface area contributed by atoms with Gasteiger partial charge in [-0.3, -0.25) is 4.55 Å². The van der Waals surface area contributed by atoms with Gasteiger partial charge in [0.25, 0.3) is 0 Å². The Balaban J connectivity index is 2.94. The predicted molar refractivity (Wildman–Crippen MR) is 63.1 cm³/mol. The van der Waals surface area contributed by atoms with Crippen molar-refractivity contribution >= 4 is 17.3 Å². The largest absolute Gasteiger partial charge is 0.434 e. The fraction of sp³-hybridized carbons (Fsp3) is 0.364. The zero-order valence-corrected chi connectivity index (χ0v) is 11.3. The second-order valence-corrected chi connectivity index (χ2v) is 4.54. The molecule has 1 aromatic rings. The first-order valence-electron chi connectivity index (χ1n) is 5.22. The minimum Gasteiger partial charge on any atom is -0.434 e. The van der Waals surface area contributed by atoms with Crippen LogP contribution in [0.4, 0.5) is 13.2 Å². The lowest BCUT2D eigenvalue weighted by atomic mass is 9.99. The maximum absolute atomic E-state index is 12.7. The Labute approximate surface area is 115 Å². The molecule has 9 heteroatoms. The number of alkyl halides is 3. The minimum atomic E-state index is -4.51. The summed E-state index contributed by atoms with van der Waals surface area (Å²) in [6, 6.07) is 2.07. The van der Waals surface area contributed by atoms with Gasteiger partial charge in [0.05, 0.1) is 11.1 Å². The highest BCUT2D eigenvalue weighted by Gasteiger charge is 2.34. The summed E-state index contributed by atoms with van der Waals surface area (Å²) in [5.41, 5.74) is -1.13. The van der Waals surface area contributed by atoms with E-state index in [0.717, 1.165) is 12.1 Å². The number of rotatable bonds is 4. The zero-order chi connectivity index (χ0) is 15.5. The number of benzene rings is 1. The Bertz CT molecular complexity index is 518. The summed E-state index contributed by atoms with van der Waals surface area (Å²) < 4.78 is 65.2. The number of carbonyl (C=O) groups is 1. The number of halogens is 3. The van der Waals surface area contributed by atoms with E-state index < -0.39 is 35.9 Å². The molecule has 0 bridgehead atoms. The number of aryl methyl sites for hydroxylation is 2. The Hall–Kier alpha value is -1.45. The second-order valence-electron chi connectivity index (χ2n) is 3.87. The third-order valence-electron chi connectivity index (χ3n) is 2.39. The van der Waals surface area contributed by atoms with Crippen molar-refractivity contribution in [2.75, 3.05) is 6.79 Å². The van der Waals surface area contributed by atoms with Crippen molar-refractivity contribution in [1.29, 1.82) is 0 Å². The minimum absolute atomic E-state index is 0.0969. The van der Waals surface area contributed by atoms with E-state index in [4.69, 9.17) is 4.55 Å². The van der Waals surface area contributed by atoms with Crippen LogP contribution in [0.5, 0.6) is 0 Å². The third kappa shape index (κ3) is 4.29. The normalized spacial score (nSPS) is 13.1. The third-order valence-corrected chi connectivity index (χ3v) is 2.69. The molecule has 0 saturated carbocycles. The number of esters is 1. The molecule has 1 aromatic carbocycles. The van der Waals surface area contributed by atoms with Gasteiger partial charge in [-0.1, -0.05) is 0 Å². The molecular weight excluding hydrogens is 301 g/mol. The van der Waals surface area contributed by atoms with Gasteiger partial charge in [-0.05, 0) is 37.1 Å². The average molecular weight is 312 g/mol. The molecule has 0 amide bonds. The van der Waals surface area contributed by atoms with Gasteiger partial charge in [0.15, 0.2) is 0 Å². The topological polar surface area (TPSA) is 72.8 Å². The molecule has 5 nitrogen and oxygen atoms in total. The number of hydrogen-bond donors (Lipinski definition) is 1. The van der Waals surface area contributed by atoms with Crippen LogP contribution in [0.1, 0.15) is 27.0 Å². The molecule has 0 aromatic heterocycles. The van der Waals surface area contributed by atoms with E-state index >= 15 is 0 Å². The summed E-state index contributed by atoms with van der Waals surface area (Å²) in [7, 11) is 0. The molecule has 1 N–H and O–H groups in total. The van der Waals surface area contributed by atoms with Crippen LogP contribution in [-0.4, -0.2) is 21.5 Å². The zero-order valence-electron chi connectivity index (χ0n) is 10.5. The smallest absolute Gasteiger partial charge is 0.416 e. The van der Waals surface area contributed by atoms with Crippen molar-refractivity contribution in [3.8, 4) is 0 Å². The predicted octanol–water partition coefficient (Wildman–Crippen LogP) is 2.59. The quantitative estimate of drug-likeness (QED) is 0.525. The van der Waals surface area contributed by atoms with Crippen molar-refractivity contribution in [1.82, 2.24) is 0 Å². The molecule has 1 unspecified atom stereocenters. The monoisotopic (exact) mass is 312 g/mol. The molecule has 0 heterocycles. The van der Waals surface area contributed by atoms with Gasteiger partial charge in [-0.2, -0.15) is 17.4 Å². The standard InChI is InChI=1S/C11H11F3O5S/c1-6-3-8(10(15)18-5-19-20(16)17)4-7(2)9(6)11(12,13)14/h3-4H,5H2,1-2H3,(H,16,17). The Morgan fingerprint density at radius 2 is 1.80 bits per heavy atom. The van der Waals surface area contributed by atoms with Crippen molar-refractivity contribution in [3.63, 3.8) is 0 Å². The van der Waals surface area contributed by atoms with Crippen molar-refractivity contribution in [3.05, 3.63) is 34.4 Å². The van der Waals surface area contributed by atoms with Crippen molar-refractivity contribution in [2.45, 2.75) is 20.0 Å². The number of carbonyl (C=O) groups excluding carboxylic acids is 1. The van der Waals surface area contributed by atoms with Crippen LogP contribution < -0.4 is 0 Å². The Morgan fingerprint density at radius 1 is 1.30 bits per heavy atom. The van der Waals surface area contributed by atoms with Gasteiger partial charge < -0.3 is 4.74 Å². The van der Waals surface area contributed by atoms with E-state index in [9.17, 15) is 22.2 Å². The Morgan fingerprint density at radius 3 is 2.20 bits per heavy atom. The fourth-order valence-electron chi connectivity index (χ4n) is 1.73. The Kier molecular flexibility index (Phi) is 5.26. The molecule has 0 fully saturated rings. The molecule has 112 valence electrons. The molecule has 0 radical (unpaired) electrons. The van der Waals surface area contributed by atoms with E-state index in [2.05, 4.69) is 8.92 Å². The lowest BCUT2D eigenvalue weighted by Gasteiger charge is -2.14. The molecular formula is C11H11F3O5S. The van der Waals surface area contributed by atoms with E-state index in [1.165, 1.54) is 13.8 Å². The summed E-state index contributed by atoms with van der Waals surface area (Å²) in [5.74, 6) is -0.949. The first-order valence-corrected chi connectivity index (χ1v) is 6.25. The first kappa shape index (κ1) is 16.6. The van der Waals surface area contributed by atoms with Crippen molar-refractivity contribution < 1.29 is 35.6 Å². The molecule has 0 aliphatic heterocycles. The van der Waals surface area contributed by atoms with E-state index in [1.54, 1.807) is 0 Å². The van der Waals surface area contributed by atoms with E-state index in [0.29, 0.717) is 0 Å². The molecule has 0 spiro atoms. The van der Waals surface area contributed by atoms with E-state index in [1.807, 2.05) is 0 Å². The van der Waals surface area contributed by atoms with E-state index in [-0.39, 0.29) is 16.7 Å². The average Bonchev–Trinajstić information content (AvgIpc) is 2.25. The first-order chi connectivity index (χ1) is 9.12. The van der Waals surface area contributed by atoms with Gasteiger partial charge >= 0.3 is 23.5 Å². The van der Waals surface area contributed by atoms with Gasteiger partial charge in [0, 0.05) is 0 Å². The van der Waals surface area contributed by atoms with Crippen LogP contribution in [0.3, 0.4) is 0 Å². The maximum Gasteiger partial charge on any atom is 0.416 e. The summed E-state index contributed by atoms with van der Waals surface area (Å²) in [6.45, 7) is 1.68. The van der Waals surface area contributed by atoms with Crippen LogP contribution >= 0.6 is 0 Å². The lowest BCUT2D eigenvalue weighted by Crippen LogP contribution is -2.14. The lowest BCUT2D eigenvalue weighted by molar-refractivity contribution is -0.138. The maximum atomic E-state index is 12.7. The molecule has 0 aliphatic carbocycles.